The first kappa shape index (κ1) is 101. The average molecular weight is 1510 g/mol. The second-order valence-electron chi connectivity index (χ2n) is 24.3. The van der Waals surface area contributed by atoms with Crippen LogP contribution in [0.1, 0.15) is 222 Å². The number of hydrogen-bond donors (Lipinski definition) is 0. The molecule has 0 aliphatic heterocycles. The summed E-state index contributed by atoms with van der Waals surface area (Å²) in [6.07, 6.45) is 3.26. The third-order valence-corrected chi connectivity index (χ3v) is 5.99. The Morgan fingerprint density at radius 3 is 0.415 bits per heavy atom. The van der Waals surface area contributed by atoms with Crippen molar-refractivity contribution in [3.8, 4) is 0 Å². The van der Waals surface area contributed by atoms with Crippen LogP contribution in [-0.2, 0) is 109 Å². The Hall–Kier alpha value is -3.18. The Morgan fingerprint density at radius 2 is 0.354 bits per heavy atom. The second-order valence-corrected chi connectivity index (χ2v) is 24.3. The number of rotatable bonds is 16. The first-order chi connectivity index (χ1) is 35.6. The molecule has 82 heavy (non-hydrogen) atoms. The number of esters is 4. The minimum absolute atomic E-state index is 0. The van der Waals surface area contributed by atoms with Gasteiger partial charge in [-0.05, 0) is 83.1 Å². The van der Waals surface area contributed by atoms with Crippen LogP contribution in [0.25, 0.3) is 21.3 Å². The van der Waals surface area contributed by atoms with Gasteiger partial charge in [0.25, 0.3) is 0 Å². The molecule has 0 aliphatic rings. The maximum absolute atomic E-state index is 11.2. The maximum atomic E-state index is 11.2. The smallest absolute Gasteiger partial charge is 0.663 e. The van der Waals surface area contributed by atoms with Crippen molar-refractivity contribution in [1.29, 1.82) is 0 Å². The van der Waals surface area contributed by atoms with Crippen molar-refractivity contribution >= 4 is 23.9 Å². The van der Waals surface area contributed by atoms with E-state index in [1.54, 1.807) is 166 Å². The normalized spacial score (nSPS) is 12.0. The fourth-order valence-electron chi connectivity index (χ4n) is 3.93. The first-order valence-electron chi connectivity index (χ1n) is 27.4. The Balaban J connectivity index is -0.0000000939. The molecule has 0 saturated heterocycles. The summed E-state index contributed by atoms with van der Waals surface area (Å²) in [5.74, 6) is -5.47. The molecule has 0 radical (unpaired) electrons. The van der Waals surface area contributed by atoms with E-state index < -0.39 is 92.5 Å². The van der Waals surface area contributed by atoms with Crippen molar-refractivity contribution in [3.05, 3.63) is 69.4 Å². The van der Waals surface area contributed by atoms with Gasteiger partial charge in [-0.3, -0.25) is 0 Å². The van der Waals surface area contributed by atoms with E-state index in [2.05, 4.69) is 21.3 Å². The van der Waals surface area contributed by atoms with Crippen LogP contribution in [0.2, 0.25) is 0 Å². The van der Waals surface area contributed by atoms with E-state index >= 15 is 0 Å². The van der Waals surface area contributed by atoms with Crippen molar-refractivity contribution in [3.63, 3.8) is 0 Å². The third-order valence-electron chi connectivity index (χ3n) is 5.99. The van der Waals surface area contributed by atoms with E-state index in [0.29, 0.717) is 0 Å². The van der Waals surface area contributed by atoms with Gasteiger partial charge in [0.05, 0.1) is 23.8 Å². The molecule has 0 rings (SSSR count). The fourth-order valence-corrected chi connectivity index (χ4v) is 3.93. The monoisotopic (exact) mass is 1510 g/mol. The summed E-state index contributed by atoms with van der Waals surface area (Å²) in [4.78, 5) is 44.7. The van der Waals surface area contributed by atoms with E-state index in [-0.39, 0.29) is 51.7 Å². The molecule has 0 spiro atoms. The molecule has 20 nitrogen and oxygen atoms in total. The van der Waals surface area contributed by atoms with E-state index in [1.165, 1.54) is 0 Å². The van der Waals surface area contributed by atoms with Crippen molar-refractivity contribution in [2.24, 2.45) is 0 Å². The number of nitrogens with zero attached hydrogens (tertiary/aromatic N) is 4. The molecule has 0 aromatic heterocycles. The van der Waals surface area contributed by atoms with Gasteiger partial charge in [0.2, 0.25) is 0 Å². The summed E-state index contributed by atoms with van der Waals surface area (Å²) < 4.78 is 39.4. The molecule has 0 amide bonds. The quantitative estimate of drug-likeness (QED) is 0.0456. The number of ether oxygens (including phenoxy) is 8. The SMILES string of the molecule is CC(C)(C)OC(=O)/C=C(\[O-])OC(C)(C)C.CC(C)(C)OC(=O)/C=C(\[O-])OC(C)(C)C.CC(C)(C)OC(=O)/C=C(\[O-])OC(C)(C)C.CC(C)(C)OC(=O)/C=C(\[O-])OC(C)(C)C.CC[N-]CC.CC[N-]CC.CC[N-]CC.CC[N-]CC.[Hf+4].[Hf+4]. The fraction of sp³-hybridized carbons (Fsp3) is 0.800. The van der Waals surface area contributed by atoms with Gasteiger partial charge in [0, 0.05) is 46.7 Å². The maximum Gasteiger partial charge on any atom is 4.00 e. The average Bonchev–Trinajstić information content (AvgIpc) is 3.14. The molecular weight excluding hydrogens is 1390 g/mol. The van der Waals surface area contributed by atoms with Crippen molar-refractivity contribution in [1.82, 2.24) is 0 Å². The van der Waals surface area contributed by atoms with Crippen LogP contribution in [0.15, 0.2) is 48.1 Å². The summed E-state index contributed by atoms with van der Waals surface area (Å²) in [5.41, 5.74) is -4.81. The van der Waals surface area contributed by atoms with E-state index in [4.69, 9.17) is 37.9 Å². The molecule has 0 saturated carbocycles. The van der Waals surface area contributed by atoms with Crippen LogP contribution < -0.4 is 20.4 Å². The Morgan fingerprint density at radius 1 is 0.256 bits per heavy atom. The molecule has 0 N–H and O–H groups in total. The van der Waals surface area contributed by atoms with E-state index in [0.717, 1.165) is 76.7 Å². The van der Waals surface area contributed by atoms with Crippen LogP contribution in [0.4, 0.5) is 0 Å². The summed E-state index contributed by atoms with van der Waals surface area (Å²) in [7, 11) is 0. The molecule has 0 unspecified atom stereocenters. The van der Waals surface area contributed by atoms with Crippen LogP contribution in [0.3, 0.4) is 0 Å². The molecule has 0 aliphatic carbocycles. The molecule has 0 bridgehead atoms. The Labute approximate surface area is 537 Å². The van der Waals surface area contributed by atoms with Crippen molar-refractivity contribution in [2.45, 2.75) is 266 Å². The standard InChI is InChI=1S/4C11H20O4.4C4H10N.2Hf/c4*1-10(2,3)14-8(12)7-9(13)15-11(4,5)6;4*1-3-5-4-2;;/h4*7,12H,1-6H3;4*3-4H2,1-2H3;;/q;;;;4*-1;2*+4/p-4/b4*8-7+;;;;;;. The van der Waals surface area contributed by atoms with Gasteiger partial charge in [0.1, 0.15) is 22.4 Å². The minimum Gasteiger partial charge on any atom is -0.663 e. The molecule has 22 heteroatoms. The predicted octanol–water partition coefficient (Wildman–Crippen LogP) is 11.0. The van der Waals surface area contributed by atoms with Crippen molar-refractivity contribution < 1.29 is 129 Å². The zero-order valence-electron chi connectivity index (χ0n) is 57.3. The van der Waals surface area contributed by atoms with Gasteiger partial charge in [-0.1, -0.05) is 138 Å². The number of carbonyl (C=O) groups is 4. The Kier molecular flexibility index (Phi) is 65.5. The molecule has 0 fully saturated rings. The molecular formula is C60H116Hf2N4O16. The summed E-state index contributed by atoms with van der Waals surface area (Å²) in [6.45, 7) is 65.6. The van der Waals surface area contributed by atoms with Crippen LogP contribution in [0.5, 0.6) is 0 Å². The molecule has 0 atom stereocenters. The van der Waals surface area contributed by atoms with Crippen LogP contribution in [-0.4, -0.2) is 121 Å². The summed E-state index contributed by atoms with van der Waals surface area (Å²) in [6, 6.07) is 0. The molecule has 0 aromatic carbocycles. The van der Waals surface area contributed by atoms with Gasteiger partial charge in [-0.25, -0.2) is 19.2 Å². The van der Waals surface area contributed by atoms with Gasteiger partial charge in [-0.15, -0.1) is 0 Å². The van der Waals surface area contributed by atoms with Crippen molar-refractivity contribution in [2.75, 3.05) is 52.4 Å². The second kappa shape index (κ2) is 53.3. The zero-order chi connectivity index (χ0) is 65.6. The minimum atomic E-state index is -0.684. The molecule has 0 aromatic rings. The van der Waals surface area contributed by atoms with Gasteiger partial charge >= 0.3 is 75.6 Å². The molecule has 0 heterocycles. The van der Waals surface area contributed by atoms with Gasteiger partial charge in [-0.2, -0.15) is 52.4 Å². The zero-order valence-corrected chi connectivity index (χ0v) is 64.5. The van der Waals surface area contributed by atoms with Gasteiger partial charge in [0.15, 0.2) is 0 Å². The number of carbonyl (C=O) groups excluding carboxylic acids is 4. The predicted molar refractivity (Wildman–Crippen MR) is 317 cm³/mol. The summed E-state index contributed by atoms with van der Waals surface area (Å²) >= 11 is 0. The van der Waals surface area contributed by atoms with Gasteiger partial charge < -0.3 is 79.6 Å². The number of hydrogen-bond acceptors (Lipinski definition) is 16. The first-order valence-corrected chi connectivity index (χ1v) is 27.4. The van der Waals surface area contributed by atoms with Crippen LogP contribution in [0, 0.1) is 0 Å². The Bertz CT molecular complexity index is 1450. The largest absolute Gasteiger partial charge is 4.00 e. The van der Waals surface area contributed by atoms with Crippen LogP contribution >= 0.6 is 0 Å². The van der Waals surface area contributed by atoms with E-state index in [9.17, 15) is 39.6 Å². The van der Waals surface area contributed by atoms with E-state index in [1.807, 2.05) is 55.4 Å². The summed E-state index contributed by atoms with van der Waals surface area (Å²) in [5, 5.41) is 60.6. The topological polar surface area (TPSA) is 291 Å². The molecule has 480 valence electrons. The third kappa shape index (κ3) is 119.